The zero-order valence-corrected chi connectivity index (χ0v) is 24.8. The van der Waals surface area contributed by atoms with E-state index in [0.717, 1.165) is 10.3 Å². The number of nitrogens with zero attached hydrogens (tertiary/aromatic N) is 4. The zero-order valence-electron chi connectivity index (χ0n) is 22.5. The normalized spacial score (nSPS) is 10.9. The minimum Gasteiger partial charge on any atom is -0.489 e. The lowest BCUT2D eigenvalue weighted by molar-refractivity contribution is -0.142. The summed E-state index contributed by atoms with van der Waals surface area (Å²) in [5.41, 5.74) is 3.11. The van der Waals surface area contributed by atoms with Crippen LogP contribution in [0.3, 0.4) is 0 Å². The fraction of sp³-hybridized carbons (Fsp3) is 0.133. The second-order valence-corrected chi connectivity index (χ2v) is 10.4. The fourth-order valence-electron chi connectivity index (χ4n) is 4.10. The molecular formula is C30H24Cl2N4O5S. The average Bonchev–Trinajstić information content (AvgIpc) is 3.35. The van der Waals surface area contributed by atoms with Gasteiger partial charge in [-0.15, -0.1) is 0 Å². The Hall–Kier alpha value is -4.25. The van der Waals surface area contributed by atoms with E-state index in [0.29, 0.717) is 40.2 Å². The van der Waals surface area contributed by atoms with Crippen LogP contribution in [0.4, 0.5) is 0 Å². The monoisotopic (exact) mass is 622 g/mol. The molecule has 0 aliphatic carbocycles. The Morgan fingerprint density at radius 2 is 1.71 bits per heavy atom. The molecule has 12 heteroatoms. The molecule has 0 saturated heterocycles. The highest BCUT2D eigenvalue weighted by molar-refractivity contribution is 7.98. The number of methoxy groups -OCH3 is 1. The van der Waals surface area contributed by atoms with Crippen LogP contribution >= 0.6 is 35.0 Å². The van der Waals surface area contributed by atoms with Crippen LogP contribution in [-0.2, 0) is 16.1 Å². The molecule has 0 radical (unpaired) electrons. The molecule has 3 aromatic carbocycles. The van der Waals surface area contributed by atoms with Gasteiger partial charge in [-0.25, -0.2) is 19.7 Å². The number of esters is 1. The summed E-state index contributed by atoms with van der Waals surface area (Å²) in [5, 5.41) is 12.3. The number of thioether (sulfide) groups is 1. The Morgan fingerprint density at radius 3 is 2.43 bits per heavy atom. The molecule has 9 nitrogen and oxygen atoms in total. The number of aromatic nitrogens is 4. The van der Waals surface area contributed by atoms with E-state index in [1.807, 2.05) is 60.9 Å². The molecule has 0 spiro atoms. The third-order valence-electron chi connectivity index (χ3n) is 6.09. The molecule has 42 heavy (non-hydrogen) atoms. The molecule has 0 aliphatic heterocycles. The number of hydrogen-bond donors (Lipinski definition) is 1. The van der Waals surface area contributed by atoms with Crippen molar-refractivity contribution in [3.63, 3.8) is 0 Å². The van der Waals surface area contributed by atoms with Crippen molar-refractivity contribution in [3.8, 4) is 45.5 Å². The molecular weight excluding hydrogens is 599 g/mol. The summed E-state index contributed by atoms with van der Waals surface area (Å²) in [6, 6.07) is 21.9. The largest absolute Gasteiger partial charge is 0.489 e. The SMILES string of the molecule is COC(=O)COc1cc(Cl)c(-c2nc(-c3cccc(OCc4ccccc4)c3)c(-c3ccnc(SC)n3)n2O)c(Cl)c1. The molecule has 0 bridgehead atoms. The van der Waals surface area contributed by atoms with Crippen LogP contribution in [0.2, 0.25) is 10.0 Å². The van der Waals surface area contributed by atoms with E-state index >= 15 is 0 Å². The Kier molecular flexibility index (Phi) is 9.16. The Balaban J connectivity index is 1.59. The van der Waals surface area contributed by atoms with Gasteiger partial charge < -0.3 is 19.4 Å². The predicted octanol–water partition coefficient (Wildman–Crippen LogP) is 7.07. The lowest BCUT2D eigenvalue weighted by Gasteiger charge is -2.11. The van der Waals surface area contributed by atoms with E-state index < -0.39 is 5.97 Å². The fourth-order valence-corrected chi connectivity index (χ4v) is 5.09. The molecule has 0 aliphatic rings. The second-order valence-electron chi connectivity index (χ2n) is 8.80. The molecule has 5 aromatic rings. The first-order chi connectivity index (χ1) is 20.4. The van der Waals surface area contributed by atoms with Crippen molar-refractivity contribution in [1.29, 1.82) is 0 Å². The standard InChI is InChI=1S/C30H24Cl2N4O5S/c1-39-25(37)17-41-21-14-22(31)26(23(32)15-21)29-35-27(28(36(29)38)24-11-12-33-30(34-24)42-2)19-9-6-10-20(13-19)40-16-18-7-4-3-5-8-18/h3-15,38H,16-17H2,1-2H3. The van der Waals surface area contributed by atoms with E-state index in [2.05, 4.69) is 14.7 Å². The number of halogens is 2. The van der Waals surface area contributed by atoms with E-state index in [9.17, 15) is 10.0 Å². The van der Waals surface area contributed by atoms with Gasteiger partial charge >= 0.3 is 5.97 Å². The third-order valence-corrected chi connectivity index (χ3v) is 7.25. The van der Waals surface area contributed by atoms with Crippen molar-refractivity contribution >= 4 is 40.9 Å². The van der Waals surface area contributed by atoms with Crippen molar-refractivity contribution in [2.75, 3.05) is 20.0 Å². The van der Waals surface area contributed by atoms with Crippen molar-refractivity contribution in [3.05, 3.63) is 94.6 Å². The van der Waals surface area contributed by atoms with E-state index in [1.165, 1.54) is 31.0 Å². The number of imidazole rings is 1. The minimum absolute atomic E-state index is 0.0782. The first-order valence-electron chi connectivity index (χ1n) is 12.5. The summed E-state index contributed by atoms with van der Waals surface area (Å²) in [7, 11) is 1.26. The number of hydrogen-bond acceptors (Lipinski definition) is 9. The molecule has 0 fully saturated rings. The lowest BCUT2D eigenvalue weighted by Crippen LogP contribution is -2.12. The zero-order chi connectivity index (χ0) is 29.6. The van der Waals surface area contributed by atoms with E-state index in [1.54, 1.807) is 12.3 Å². The number of carbonyl (C=O) groups excluding carboxylic acids is 1. The van der Waals surface area contributed by atoms with Gasteiger partial charge in [-0.05, 0) is 42.2 Å². The van der Waals surface area contributed by atoms with Crippen molar-refractivity contribution in [2.45, 2.75) is 11.8 Å². The van der Waals surface area contributed by atoms with Crippen molar-refractivity contribution < 1.29 is 24.2 Å². The molecule has 2 aromatic heterocycles. The van der Waals surface area contributed by atoms with E-state index in [4.69, 9.17) is 37.7 Å². The van der Waals surface area contributed by atoms with Crippen LogP contribution in [0.1, 0.15) is 5.56 Å². The van der Waals surface area contributed by atoms with Crippen LogP contribution in [0.5, 0.6) is 11.5 Å². The summed E-state index contributed by atoms with van der Waals surface area (Å²) in [5.74, 6) is 0.386. The summed E-state index contributed by atoms with van der Waals surface area (Å²) in [6.07, 6.45) is 3.47. The number of ether oxygens (including phenoxy) is 3. The highest BCUT2D eigenvalue weighted by Gasteiger charge is 2.26. The molecule has 5 rings (SSSR count). The third kappa shape index (κ3) is 6.46. The average molecular weight is 624 g/mol. The van der Waals surface area contributed by atoms with Crippen LogP contribution in [0, 0.1) is 0 Å². The predicted molar refractivity (Wildman–Crippen MR) is 161 cm³/mol. The molecule has 0 atom stereocenters. The molecule has 1 N–H and O–H groups in total. The Morgan fingerprint density at radius 1 is 0.952 bits per heavy atom. The Labute approximate surface area is 256 Å². The van der Waals surface area contributed by atoms with Gasteiger partial charge in [0, 0.05) is 11.8 Å². The van der Waals surface area contributed by atoms with Gasteiger partial charge in [0.15, 0.2) is 17.6 Å². The maximum atomic E-state index is 11.5. The first-order valence-corrected chi connectivity index (χ1v) is 14.5. The van der Waals surface area contributed by atoms with Crippen LogP contribution in [-0.4, -0.2) is 50.8 Å². The summed E-state index contributed by atoms with van der Waals surface area (Å²) >= 11 is 14.6. The molecule has 0 saturated carbocycles. The van der Waals surface area contributed by atoms with E-state index in [-0.39, 0.29) is 33.8 Å². The summed E-state index contributed by atoms with van der Waals surface area (Å²) in [6.45, 7) is 0.0645. The topological polar surface area (TPSA) is 109 Å². The van der Waals surface area contributed by atoms with Gasteiger partial charge in [0.05, 0.1) is 28.4 Å². The summed E-state index contributed by atoms with van der Waals surface area (Å²) in [4.78, 5) is 25.1. The van der Waals surface area contributed by atoms with Gasteiger partial charge in [-0.3, -0.25) is 0 Å². The van der Waals surface area contributed by atoms with Gasteiger partial charge in [-0.2, -0.15) is 4.73 Å². The van der Waals surface area contributed by atoms with Crippen LogP contribution < -0.4 is 9.47 Å². The second kappa shape index (κ2) is 13.2. The minimum atomic E-state index is -0.559. The molecule has 0 amide bonds. The molecule has 2 heterocycles. The lowest BCUT2D eigenvalue weighted by atomic mass is 10.1. The van der Waals surface area contributed by atoms with Gasteiger partial charge in [0.1, 0.15) is 29.5 Å². The highest BCUT2D eigenvalue weighted by Crippen LogP contribution is 2.42. The van der Waals surface area contributed by atoms with Gasteiger partial charge in [-0.1, -0.05) is 77.4 Å². The van der Waals surface area contributed by atoms with Crippen molar-refractivity contribution in [2.24, 2.45) is 0 Å². The summed E-state index contributed by atoms with van der Waals surface area (Å²) < 4.78 is 17.0. The molecule has 0 unspecified atom stereocenters. The first kappa shape index (κ1) is 29.2. The quantitative estimate of drug-likeness (QED) is 0.0756. The maximum absolute atomic E-state index is 11.5. The number of benzene rings is 3. The van der Waals surface area contributed by atoms with Crippen molar-refractivity contribution in [1.82, 2.24) is 19.7 Å². The van der Waals surface area contributed by atoms with Crippen LogP contribution in [0.25, 0.3) is 34.0 Å². The highest BCUT2D eigenvalue weighted by atomic mass is 35.5. The maximum Gasteiger partial charge on any atom is 0.343 e. The smallest absolute Gasteiger partial charge is 0.343 e. The number of carbonyl (C=O) groups is 1. The van der Waals surface area contributed by atoms with Gasteiger partial charge in [0.25, 0.3) is 0 Å². The Bertz CT molecular complexity index is 1710. The molecule has 214 valence electrons. The van der Waals surface area contributed by atoms with Gasteiger partial charge in [0.2, 0.25) is 0 Å². The van der Waals surface area contributed by atoms with Crippen LogP contribution in [0.15, 0.2) is 84.1 Å². The number of rotatable bonds is 10.